The predicted molar refractivity (Wildman–Crippen MR) is 74.5 cm³/mol. The molecule has 1 heterocycles. The summed E-state index contributed by atoms with van der Waals surface area (Å²) in [6.07, 6.45) is 1.20. The minimum Gasteiger partial charge on any atom is -0.352 e. The number of carbonyl (C=O) groups excluding carboxylic acids is 1. The van der Waals surface area contributed by atoms with E-state index in [0.29, 0.717) is 23.4 Å². The summed E-state index contributed by atoms with van der Waals surface area (Å²) in [5, 5.41) is 4.82. The quantitative estimate of drug-likeness (QED) is 0.817. The van der Waals surface area contributed by atoms with Gasteiger partial charge in [-0.15, -0.1) is 11.3 Å². The lowest BCUT2D eigenvalue weighted by Crippen LogP contribution is -2.26. The van der Waals surface area contributed by atoms with Crippen molar-refractivity contribution in [1.82, 2.24) is 5.32 Å². The number of nitrogens with one attached hydrogen (secondary N) is 1. The molecule has 1 fully saturated rings. The van der Waals surface area contributed by atoms with Crippen molar-refractivity contribution < 1.29 is 4.79 Å². The Kier molecular flexibility index (Phi) is 3.74. The number of hydrogen-bond donors (Lipinski definition) is 2. The third-order valence-corrected chi connectivity index (χ3v) is 4.25. The van der Waals surface area contributed by atoms with Crippen molar-refractivity contribution in [2.45, 2.75) is 20.3 Å². The molecule has 0 aromatic carbocycles. The Morgan fingerprint density at radius 3 is 3.00 bits per heavy atom. The molecule has 3 nitrogen and oxygen atoms in total. The summed E-state index contributed by atoms with van der Waals surface area (Å²) in [7, 11) is 0. The van der Waals surface area contributed by atoms with Gasteiger partial charge in [0.25, 0.3) is 5.91 Å². The highest BCUT2D eigenvalue weighted by atomic mass is 32.1. The van der Waals surface area contributed by atoms with E-state index in [4.69, 9.17) is 5.73 Å². The van der Waals surface area contributed by atoms with E-state index in [2.05, 4.69) is 31.0 Å². The lowest BCUT2D eigenvalue weighted by Gasteiger charge is -2.04. The Bertz CT molecular complexity index is 507. The SMILES string of the molecule is CC1(C)CC1CNC(=O)c1csc(C#CCN)c1. The summed E-state index contributed by atoms with van der Waals surface area (Å²) in [6.45, 7) is 5.57. The highest BCUT2D eigenvalue weighted by Gasteiger charge is 2.45. The minimum atomic E-state index is -0.00486. The fraction of sp³-hybridized carbons (Fsp3) is 0.500. The number of amides is 1. The molecule has 0 saturated heterocycles. The van der Waals surface area contributed by atoms with Crippen molar-refractivity contribution in [2.24, 2.45) is 17.1 Å². The van der Waals surface area contributed by atoms with E-state index in [0.717, 1.165) is 11.4 Å². The van der Waals surface area contributed by atoms with Gasteiger partial charge < -0.3 is 11.1 Å². The van der Waals surface area contributed by atoms with Crippen LogP contribution in [0.3, 0.4) is 0 Å². The van der Waals surface area contributed by atoms with Crippen LogP contribution >= 0.6 is 11.3 Å². The van der Waals surface area contributed by atoms with Crippen molar-refractivity contribution >= 4 is 17.2 Å². The van der Waals surface area contributed by atoms with Gasteiger partial charge in [-0.2, -0.15) is 0 Å². The van der Waals surface area contributed by atoms with Gasteiger partial charge in [-0.3, -0.25) is 4.79 Å². The van der Waals surface area contributed by atoms with Gasteiger partial charge in [0.05, 0.1) is 17.0 Å². The number of hydrogen-bond acceptors (Lipinski definition) is 3. The smallest absolute Gasteiger partial charge is 0.252 e. The zero-order chi connectivity index (χ0) is 13.2. The molecule has 1 saturated carbocycles. The maximum Gasteiger partial charge on any atom is 0.252 e. The number of nitrogens with two attached hydrogens (primary N) is 1. The van der Waals surface area contributed by atoms with Crippen LogP contribution in [0.1, 0.15) is 35.5 Å². The number of carbonyl (C=O) groups is 1. The first-order valence-electron chi connectivity index (χ1n) is 6.08. The molecule has 0 spiro atoms. The topological polar surface area (TPSA) is 55.1 Å². The first kappa shape index (κ1) is 13.1. The molecule has 96 valence electrons. The van der Waals surface area contributed by atoms with Crippen LogP contribution in [0, 0.1) is 23.2 Å². The summed E-state index contributed by atoms with van der Waals surface area (Å²) in [5.41, 5.74) is 6.40. The Balaban J connectivity index is 1.87. The van der Waals surface area contributed by atoms with Gasteiger partial charge in [0.1, 0.15) is 0 Å². The lowest BCUT2D eigenvalue weighted by atomic mass is 10.1. The normalized spacial score (nSPS) is 19.8. The standard InChI is InChI=1S/C14H18N2OS/c1-14(2)7-11(14)8-16-13(17)10-6-12(18-9-10)4-3-5-15/h6,9,11H,5,7-8,15H2,1-2H3,(H,16,17). The van der Waals surface area contributed by atoms with E-state index in [-0.39, 0.29) is 5.91 Å². The molecule has 1 atom stereocenters. The fourth-order valence-electron chi connectivity index (χ4n) is 1.90. The average Bonchev–Trinajstić information content (AvgIpc) is 2.77. The van der Waals surface area contributed by atoms with E-state index in [1.54, 1.807) is 0 Å². The second-order valence-electron chi connectivity index (χ2n) is 5.31. The molecule has 18 heavy (non-hydrogen) atoms. The molecule has 1 aliphatic rings. The molecular weight excluding hydrogens is 244 g/mol. The Morgan fingerprint density at radius 2 is 2.39 bits per heavy atom. The molecule has 4 heteroatoms. The van der Waals surface area contributed by atoms with Gasteiger partial charge >= 0.3 is 0 Å². The summed E-state index contributed by atoms with van der Waals surface area (Å²) in [6, 6.07) is 1.82. The lowest BCUT2D eigenvalue weighted by molar-refractivity contribution is 0.0951. The molecule has 1 amide bonds. The molecule has 1 unspecified atom stereocenters. The van der Waals surface area contributed by atoms with Crippen LogP contribution in [-0.2, 0) is 0 Å². The zero-order valence-corrected chi connectivity index (χ0v) is 11.6. The third kappa shape index (κ3) is 3.12. The van der Waals surface area contributed by atoms with Gasteiger partial charge in [0, 0.05) is 11.9 Å². The Labute approximate surface area is 112 Å². The molecule has 3 N–H and O–H groups in total. The zero-order valence-electron chi connectivity index (χ0n) is 10.7. The number of thiophene rings is 1. The monoisotopic (exact) mass is 262 g/mol. The van der Waals surface area contributed by atoms with Crippen molar-refractivity contribution in [3.8, 4) is 11.8 Å². The first-order chi connectivity index (χ1) is 8.53. The van der Waals surface area contributed by atoms with Crippen molar-refractivity contribution in [3.05, 3.63) is 21.9 Å². The van der Waals surface area contributed by atoms with Crippen LogP contribution in [0.2, 0.25) is 0 Å². The van der Waals surface area contributed by atoms with E-state index in [9.17, 15) is 4.79 Å². The molecule has 1 aliphatic carbocycles. The molecule has 0 radical (unpaired) electrons. The van der Waals surface area contributed by atoms with Gasteiger partial charge in [-0.05, 0) is 23.8 Å². The van der Waals surface area contributed by atoms with E-state index in [1.807, 2.05) is 11.4 Å². The first-order valence-corrected chi connectivity index (χ1v) is 6.96. The van der Waals surface area contributed by atoms with Gasteiger partial charge in [-0.1, -0.05) is 25.7 Å². The molecule has 1 aromatic heterocycles. The second kappa shape index (κ2) is 5.13. The molecule has 0 bridgehead atoms. The van der Waals surface area contributed by atoms with Gasteiger partial charge in [0.15, 0.2) is 0 Å². The maximum atomic E-state index is 11.9. The van der Waals surface area contributed by atoms with E-state index < -0.39 is 0 Å². The third-order valence-electron chi connectivity index (χ3n) is 3.40. The van der Waals surface area contributed by atoms with Gasteiger partial charge in [0.2, 0.25) is 0 Å². The van der Waals surface area contributed by atoms with Crippen LogP contribution in [0.25, 0.3) is 0 Å². The average molecular weight is 262 g/mol. The fourth-order valence-corrected chi connectivity index (χ4v) is 2.66. The highest BCUT2D eigenvalue weighted by Crippen LogP contribution is 2.50. The summed E-state index contributed by atoms with van der Waals surface area (Å²) in [5.74, 6) is 6.33. The minimum absolute atomic E-state index is 0.00486. The summed E-state index contributed by atoms with van der Waals surface area (Å²) in [4.78, 5) is 12.8. The Morgan fingerprint density at radius 1 is 1.67 bits per heavy atom. The van der Waals surface area contributed by atoms with E-state index >= 15 is 0 Å². The van der Waals surface area contributed by atoms with Crippen LogP contribution in [-0.4, -0.2) is 19.0 Å². The predicted octanol–water partition coefficient (Wildman–Crippen LogP) is 1.83. The van der Waals surface area contributed by atoms with Crippen LogP contribution in [0.4, 0.5) is 0 Å². The van der Waals surface area contributed by atoms with Crippen LogP contribution < -0.4 is 11.1 Å². The van der Waals surface area contributed by atoms with E-state index in [1.165, 1.54) is 17.8 Å². The molecule has 0 aliphatic heterocycles. The highest BCUT2D eigenvalue weighted by molar-refractivity contribution is 7.10. The molecule has 2 rings (SSSR count). The maximum absolute atomic E-state index is 11.9. The Hall–Kier alpha value is -1.31. The van der Waals surface area contributed by atoms with Crippen LogP contribution in [0.5, 0.6) is 0 Å². The summed E-state index contributed by atoms with van der Waals surface area (Å²) >= 11 is 1.48. The van der Waals surface area contributed by atoms with Crippen molar-refractivity contribution in [3.63, 3.8) is 0 Å². The second-order valence-corrected chi connectivity index (χ2v) is 6.22. The van der Waals surface area contributed by atoms with Crippen molar-refractivity contribution in [1.29, 1.82) is 0 Å². The largest absolute Gasteiger partial charge is 0.352 e. The molecular formula is C14H18N2OS. The molecule has 1 aromatic rings. The number of rotatable bonds is 3. The summed E-state index contributed by atoms with van der Waals surface area (Å²) < 4.78 is 0. The van der Waals surface area contributed by atoms with Gasteiger partial charge in [-0.25, -0.2) is 0 Å². The van der Waals surface area contributed by atoms with Crippen LogP contribution in [0.15, 0.2) is 11.4 Å². The van der Waals surface area contributed by atoms with Crippen molar-refractivity contribution in [2.75, 3.05) is 13.1 Å².